The monoisotopic (exact) mass is 670 g/mol. The van der Waals surface area contributed by atoms with E-state index in [1.165, 1.54) is 10.8 Å². The highest BCUT2D eigenvalue weighted by Gasteiger charge is 2.19. The van der Waals surface area contributed by atoms with Gasteiger partial charge in [0.15, 0.2) is 17.5 Å². The Labute approximate surface area is 301 Å². The molecule has 0 bridgehead atoms. The van der Waals surface area contributed by atoms with Gasteiger partial charge in [0, 0.05) is 43.9 Å². The zero-order valence-electron chi connectivity index (χ0n) is 28.9. The third-order valence-corrected chi connectivity index (χ3v) is 9.47. The molecule has 0 radical (unpaired) electrons. The summed E-state index contributed by atoms with van der Waals surface area (Å²) in [7, 11) is 0. The molecule has 0 saturated heterocycles. The lowest BCUT2D eigenvalue weighted by Gasteiger charge is -2.12. The molecule has 0 N–H and O–H groups in total. The Morgan fingerprint density at radius 2 is 0.923 bits per heavy atom. The smallest absolute Gasteiger partial charge is 0.164 e. The Morgan fingerprint density at radius 3 is 1.65 bits per heavy atom. The first-order valence-corrected chi connectivity index (χ1v) is 17.7. The molecule has 5 nitrogen and oxygen atoms in total. The first-order valence-electron chi connectivity index (χ1n) is 17.7. The molecule has 52 heavy (non-hydrogen) atoms. The minimum atomic E-state index is 0.594. The van der Waals surface area contributed by atoms with Gasteiger partial charge in [-0.3, -0.25) is 0 Å². The van der Waals surface area contributed by atoms with Crippen LogP contribution in [0.2, 0.25) is 0 Å². The van der Waals surface area contributed by atoms with Gasteiger partial charge >= 0.3 is 0 Å². The average molecular weight is 671 g/mol. The van der Waals surface area contributed by atoms with E-state index in [1.807, 2.05) is 50.2 Å². The molecule has 5 heteroatoms. The topological polar surface area (TPSA) is 56.7 Å². The van der Waals surface area contributed by atoms with E-state index in [9.17, 15) is 0 Å². The second kappa shape index (κ2) is 13.1. The van der Waals surface area contributed by atoms with Crippen LogP contribution in [0.15, 0.2) is 174 Å². The molecule has 0 fully saturated rings. The lowest BCUT2D eigenvalue weighted by Crippen LogP contribution is -2.01. The number of nitrogens with zero attached hydrogens (tertiary/aromatic N) is 4. The molecule has 0 saturated carbocycles. The molecule has 7 aromatic carbocycles. The summed E-state index contributed by atoms with van der Waals surface area (Å²) in [5.74, 6) is 1.80. The second-order valence-corrected chi connectivity index (χ2v) is 12.4. The number of hydrogen-bond donors (Lipinski definition) is 0. The van der Waals surface area contributed by atoms with Crippen LogP contribution in [-0.4, -0.2) is 19.5 Å². The molecule has 0 aliphatic carbocycles. The van der Waals surface area contributed by atoms with Crippen LogP contribution in [0, 0.1) is 0 Å². The van der Waals surface area contributed by atoms with Crippen molar-refractivity contribution in [1.82, 2.24) is 19.5 Å². The molecule has 0 atom stereocenters. The number of aromatic nitrogens is 4. The van der Waals surface area contributed by atoms with Crippen molar-refractivity contribution in [3.63, 3.8) is 0 Å². The minimum absolute atomic E-state index is 0.594. The van der Waals surface area contributed by atoms with Crippen LogP contribution in [0.1, 0.15) is 13.8 Å². The number of hydrogen-bond acceptors (Lipinski definition) is 4. The minimum Gasteiger partial charge on any atom is -0.456 e. The molecule has 3 heterocycles. The highest BCUT2D eigenvalue weighted by atomic mass is 16.3. The molecular weight excluding hydrogens is 637 g/mol. The highest BCUT2D eigenvalue weighted by Crippen LogP contribution is 2.37. The number of benzene rings is 7. The number of fused-ring (bicyclic) bond motifs is 6. The second-order valence-electron chi connectivity index (χ2n) is 12.4. The van der Waals surface area contributed by atoms with Gasteiger partial charge < -0.3 is 8.98 Å². The van der Waals surface area contributed by atoms with Crippen molar-refractivity contribution in [2.45, 2.75) is 13.8 Å². The van der Waals surface area contributed by atoms with Gasteiger partial charge in [-0.15, -0.1) is 0 Å². The molecule has 10 aromatic rings. The molecule has 0 amide bonds. The predicted octanol–water partition coefficient (Wildman–Crippen LogP) is 12.6. The van der Waals surface area contributed by atoms with E-state index in [0.717, 1.165) is 66.5 Å². The van der Waals surface area contributed by atoms with Gasteiger partial charge in [0.2, 0.25) is 0 Å². The summed E-state index contributed by atoms with van der Waals surface area (Å²) in [6.45, 7) is 4.00. The van der Waals surface area contributed by atoms with Gasteiger partial charge in [-0.05, 0) is 47.5 Å². The van der Waals surface area contributed by atoms with E-state index < -0.39 is 0 Å². The van der Waals surface area contributed by atoms with Crippen LogP contribution in [0.3, 0.4) is 0 Å². The van der Waals surface area contributed by atoms with Crippen molar-refractivity contribution < 1.29 is 4.42 Å². The third kappa shape index (κ3) is 5.31. The number of para-hydroxylation sites is 3. The molecule has 0 aliphatic rings. The molecule has 248 valence electrons. The van der Waals surface area contributed by atoms with Gasteiger partial charge in [-0.2, -0.15) is 0 Å². The zero-order valence-corrected chi connectivity index (χ0v) is 28.9. The van der Waals surface area contributed by atoms with Crippen LogP contribution in [-0.2, 0) is 0 Å². The summed E-state index contributed by atoms with van der Waals surface area (Å²) in [4.78, 5) is 15.4. The van der Waals surface area contributed by atoms with E-state index in [-0.39, 0.29) is 0 Å². The van der Waals surface area contributed by atoms with Crippen LogP contribution >= 0.6 is 0 Å². The van der Waals surface area contributed by atoms with Gasteiger partial charge in [0.25, 0.3) is 0 Å². The fraction of sp³-hybridized carbons (Fsp3) is 0.0426. The quantitative estimate of drug-likeness (QED) is 0.183. The van der Waals surface area contributed by atoms with E-state index in [1.54, 1.807) is 0 Å². The maximum atomic E-state index is 6.25. The Morgan fingerprint density at radius 1 is 0.404 bits per heavy atom. The van der Waals surface area contributed by atoms with Crippen molar-refractivity contribution in [3.8, 4) is 51.0 Å². The molecular formula is C47H34N4O. The first kappa shape index (κ1) is 31.2. The summed E-state index contributed by atoms with van der Waals surface area (Å²) in [5.41, 5.74) is 9.99. The van der Waals surface area contributed by atoms with E-state index in [0.29, 0.717) is 17.5 Å². The number of furan rings is 1. The van der Waals surface area contributed by atoms with Crippen molar-refractivity contribution in [1.29, 1.82) is 0 Å². The normalized spacial score (nSPS) is 11.3. The van der Waals surface area contributed by atoms with Crippen LogP contribution in [0.25, 0.3) is 94.7 Å². The van der Waals surface area contributed by atoms with Crippen molar-refractivity contribution in [2.75, 3.05) is 0 Å². The van der Waals surface area contributed by atoms with Crippen molar-refractivity contribution >= 4 is 43.7 Å². The molecule has 3 aromatic heterocycles. The predicted molar refractivity (Wildman–Crippen MR) is 215 cm³/mol. The SMILES string of the molecule is CC.c1ccc(-c2ccc(-c3nc(-c4cccc(-n5c6ccccc6c6ccccc65)c4)nc(-c4cccc5oc6ccccc6c45)n3)cc2)cc1. The lowest BCUT2D eigenvalue weighted by atomic mass is 10.0. The summed E-state index contributed by atoms with van der Waals surface area (Å²) < 4.78 is 8.57. The Kier molecular flexibility index (Phi) is 7.86. The maximum Gasteiger partial charge on any atom is 0.164 e. The van der Waals surface area contributed by atoms with Crippen LogP contribution < -0.4 is 0 Å². The Balaban J connectivity index is 0.00000177. The Hall–Kier alpha value is -6.85. The highest BCUT2D eigenvalue weighted by molar-refractivity contribution is 6.12. The summed E-state index contributed by atoms with van der Waals surface area (Å²) in [6, 6.07) is 58.6. The van der Waals surface area contributed by atoms with Gasteiger partial charge in [0.1, 0.15) is 11.2 Å². The summed E-state index contributed by atoms with van der Waals surface area (Å²) in [6.07, 6.45) is 0. The van der Waals surface area contributed by atoms with Gasteiger partial charge in [-0.1, -0.05) is 147 Å². The Bertz CT molecular complexity index is 2810. The number of rotatable bonds is 5. The van der Waals surface area contributed by atoms with Gasteiger partial charge in [0.05, 0.1) is 11.0 Å². The maximum absolute atomic E-state index is 6.25. The van der Waals surface area contributed by atoms with E-state index in [4.69, 9.17) is 19.4 Å². The van der Waals surface area contributed by atoms with Crippen molar-refractivity contribution in [3.05, 3.63) is 170 Å². The zero-order chi connectivity index (χ0) is 35.0. The van der Waals surface area contributed by atoms with E-state index in [2.05, 4.69) is 138 Å². The molecule has 0 spiro atoms. The van der Waals surface area contributed by atoms with Gasteiger partial charge in [-0.25, -0.2) is 15.0 Å². The standard InChI is InChI=1S/C45H28N4O.C2H6/c1-2-12-29(13-3-1)30-24-26-31(27-25-30)43-46-44(48-45(47-43)37-19-11-23-41-42(37)36-18-6-9-22-40(36)50-41)32-14-10-15-33(28-32)49-38-20-7-4-16-34(38)35-17-5-8-21-39(35)49;1-2/h1-28H;1-2H3. The summed E-state index contributed by atoms with van der Waals surface area (Å²) >= 11 is 0. The van der Waals surface area contributed by atoms with Crippen LogP contribution in [0.4, 0.5) is 0 Å². The molecule has 0 unspecified atom stereocenters. The average Bonchev–Trinajstić information content (AvgIpc) is 3.78. The molecule has 10 rings (SSSR count). The fourth-order valence-electron chi connectivity index (χ4n) is 7.14. The fourth-order valence-corrected chi connectivity index (χ4v) is 7.14. The largest absolute Gasteiger partial charge is 0.456 e. The first-order chi connectivity index (χ1) is 25.8. The lowest BCUT2D eigenvalue weighted by molar-refractivity contribution is 0.669. The van der Waals surface area contributed by atoms with E-state index >= 15 is 0 Å². The summed E-state index contributed by atoms with van der Waals surface area (Å²) in [5, 5.41) is 4.46. The van der Waals surface area contributed by atoms with Crippen LogP contribution in [0.5, 0.6) is 0 Å². The molecule has 0 aliphatic heterocycles. The third-order valence-electron chi connectivity index (χ3n) is 9.47. The van der Waals surface area contributed by atoms with Crippen molar-refractivity contribution in [2.24, 2.45) is 0 Å².